The van der Waals surface area contributed by atoms with Crippen LogP contribution in [0, 0.1) is 13.8 Å². The molecule has 0 atom stereocenters. The van der Waals surface area contributed by atoms with E-state index in [0.29, 0.717) is 0 Å². The van der Waals surface area contributed by atoms with Gasteiger partial charge in [0.05, 0.1) is 28.1 Å². The summed E-state index contributed by atoms with van der Waals surface area (Å²) in [6.45, 7) is 3.95. The molecule has 2 aromatic heterocycles. The van der Waals surface area contributed by atoms with Crippen molar-refractivity contribution >= 4 is 11.0 Å². The summed E-state index contributed by atoms with van der Waals surface area (Å²) < 4.78 is 1.82. The smallest absolute Gasteiger partial charge is 0.0911 e. The van der Waals surface area contributed by atoms with Gasteiger partial charge in [0.15, 0.2) is 0 Å². The molecule has 3 aromatic rings. The van der Waals surface area contributed by atoms with Crippen LogP contribution >= 0.6 is 0 Å². The summed E-state index contributed by atoms with van der Waals surface area (Å²) in [5.41, 5.74) is 4.77. The van der Waals surface area contributed by atoms with E-state index in [1.165, 1.54) is 0 Å². The van der Waals surface area contributed by atoms with E-state index in [1.807, 2.05) is 49.0 Å². The van der Waals surface area contributed by atoms with E-state index >= 15 is 0 Å². The topological polar surface area (TPSA) is 43.6 Å². The highest BCUT2D eigenvalue weighted by atomic mass is 15.3. The average molecular weight is 224 g/mol. The Kier molecular flexibility index (Phi) is 2.14. The molecule has 0 aliphatic heterocycles. The highest BCUT2D eigenvalue weighted by Crippen LogP contribution is 2.16. The van der Waals surface area contributed by atoms with Gasteiger partial charge in [0.25, 0.3) is 0 Å². The van der Waals surface area contributed by atoms with Gasteiger partial charge >= 0.3 is 0 Å². The van der Waals surface area contributed by atoms with Crippen molar-refractivity contribution in [3.05, 3.63) is 48.0 Å². The van der Waals surface area contributed by atoms with Gasteiger partial charge < -0.3 is 0 Å². The molecule has 0 unspecified atom stereocenters. The van der Waals surface area contributed by atoms with E-state index in [0.717, 1.165) is 28.1 Å². The third-order valence-electron chi connectivity index (χ3n) is 2.83. The first kappa shape index (κ1) is 9.96. The van der Waals surface area contributed by atoms with Crippen molar-refractivity contribution in [3.8, 4) is 5.69 Å². The quantitative estimate of drug-likeness (QED) is 0.637. The zero-order valence-electron chi connectivity index (χ0n) is 9.75. The predicted octanol–water partition coefficient (Wildman–Crippen LogP) is 2.43. The molecule has 4 nitrogen and oxygen atoms in total. The molecule has 1 aromatic carbocycles. The Balaban J connectivity index is 2.22. The Bertz CT molecular complexity index is 671. The molecule has 0 spiro atoms. The first-order valence-electron chi connectivity index (χ1n) is 5.49. The molecule has 0 amide bonds. The molecule has 0 saturated heterocycles. The highest BCUT2D eigenvalue weighted by molar-refractivity contribution is 5.77. The summed E-state index contributed by atoms with van der Waals surface area (Å²) in [7, 11) is 0. The summed E-state index contributed by atoms with van der Waals surface area (Å²) >= 11 is 0. The van der Waals surface area contributed by atoms with Crippen LogP contribution < -0.4 is 0 Å². The Hall–Kier alpha value is -2.23. The van der Waals surface area contributed by atoms with Gasteiger partial charge in [-0.05, 0) is 38.1 Å². The van der Waals surface area contributed by atoms with Crippen LogP contribution in [-0.2, 0) is 0 Å². The van der Waals surface area contributed by atoms with E-state index in [9.17, 15) is 0 Å². The molecule has 0 aliphatic carbocycles. The minimum absolute atomic E-state index is 0.904. The zero-order chi connectivity index (χ0) is 11.8. The van der Waals surface area contributed by atoms with Crippen LogP contribution in [0.15, 0.2) is 36.7 Å². The zero-order valence-corrected chi connectivity index (χ0v) is 9.75. The SMILES string of the molecule is Cc1nc2ccc(-n3cccn3)cc2nc1C. The van der Waals surface area contributed by atoms with Crippen LogP contribution in [0.1, 0.15) is 11.4 Å². The van der Waals surface area contributed by atoms with E-state index in [4.69, 9.17) is 0 Å². The fraction of sp³-hybridized carbons (Fsp3) is 0.154. The van der Waals surface area contributed by atoms with Crippen LogP contribution in [0.25, 0.3) is 16.7 Å². The number of rotatable bonds is 1. The average Bonchev–Trinajstić information content (AvgIpc) is 2.83. The lowest BCUT2D eigenvalue weighted by atomic mass is 10.2. The lowest BCUT2D eigenvalue weighted by molar-refractivity contribution is 0.881. The Morgan fingerprint density at radius 1 is 1.00 bits per heavy atom. The van der Waals surface area contributed by atoms with Crippen LogP contribution in [0.2, 0.25) is 0 Å². The van der Waals surface area contributed by atoms with Gasteiger partial charge in [-0.2, -0.15) is 5.10 Å². The number of aryl methyl sites for hydroxylation is 2. The monoisotopic (exact) mass is 224 g/mol. The summed E-state index contributed by atoms with van der Waals surface area (Å²) in [4.78, 5) is 9.05. The lowest BCUT2D eigenvalue weighted by Crippen LogP contribution is -1.97. The van der Waals surface area contributed by atoms with Gasteiger partial charge in [-0.25, -0.2) is 14.6 Å². The molecule has 17 heavy (non-hydrogen) atoms. The number of aromatic nitrogens is 4. The minimum atomic E-state index is 0.904. The van der Waals surface area contributed by atoms with Crippen LogP contribution in [-0.4, -0.2) is 19.7 Å². The molecule has 0 aliphatic rings. The molecule has 2 heterocycles. The van der Waals surface area contributed by atoms with Crippen molar-refractivity contribution in [1.82, 2.24) is 19.7 Å². The van der Waals surface area contributed by atoms with Crippen molar-refractivity contribution < 1.29 is 0 Å². The number of hydrogen-bond donors (Lipinski definition) is 0. The van der Waals surface area contributed by atoms with E-state index in [-0.39, 0.29) is 0 Å². The first-order chi connectivity index (χ1) is 8.24. The van der Waals surface area contributed by atoms with E-state index in [1.54, 1.807) is 6.20 Å². The summed E-state index contributed by atoms with van der Waals surface area (Å²) in [6.07, 6.45) is 3.67. The molecule has 3 rings (SSSR count). The van der Waals surface area contributed by atoms with E-state index < -0.39 is 0 Å². The Labute approximate surface area is 98.9 Å². The highest BCUT2D eigenvalue weighted by Gasteiger charge is 2.03. The van der Waals surface area contributed by atoms with Crippen molar-refractivity contribution in [3.63, 3.8) is 0 Å². The van der Waals surface area contributed by atoms with Crippen molar-refractivity contribution in [2.45, 2.75) is 13.8 Å². The van der Waals surface area contributed by atoms with Gasteiger partial charge in [0.2, 0.25) is 0 Å². The van der Waals surface area contributed by atoms with Gasteiger partial charge in [0, 0.05) is 12.4 Å². The normalized spacial score (nSPS) is 10.9. The number of fused-ring (bicyclic) bond motifs is 1. The van der Waals surface area contributed by atoms with Gasteiger partial charge in [-0.3, -0.25) is 0 Å². The second kappa shape index (κ2) is 3.66. The second-order valence-corrected chi connectivity index (χ2v) is 4.02. The Morgan fingerprint density at radius 3 is 2.47 bits per heavy atom. The summed E-state index contributed by atoms with van der Waals surface area (Å²) in [6, 6.07) is 7.88. The largest absolute Gasteiger partial charge is 0.250 e. The summed E-state index contributed by atoms with van der Waals surface area (Å²) in [5.74, 6) is 0. The van der Waals surface area contributed by atoms with Crippen LogP contribution in [0.3, 0.4) is 0 Å². The third-order valence-corrected chi connectivity index (χ3v) is 2.83. The predicted molar refractivity (Wildman–Crippen MR) is 66.1 cm³/mol. The lowest BCUT2D eigenvalue weighted by Gasteiger charge is -2.05. The van der Waals surface area contributed by atoms with Crippen LogP contribution in [0.4, 0.5) is 0 Å². The number of benzene rings is 1. The van der Waals surface area contributed by atoms with Gasteiger partial charge in [0.1, 0.15) is 0 Å². The molecule has 0 fully saturated rings. The molecule has 0 N–H and O–H groups in total. The van der Waals surface area contributed by atoms with E-state index in [2.05, 4.69) is 15.1 Å². The molecule has 84 valence electrons. The van der Waals surface area contributed by atoms with Crippen LogP contribution in [0.5, 0.6) is 0 Å². The standard InChI is InChI=1S/C13H12N4/c1-9-10(2)16-13-8-11(4-5-12(13)15-9)17-7-3-6-14-17/h3-8H,1-2H3. The third kappa shape index (κ3) is 1.67. The second-order valence-electron chi connectivity index (χ2n) is 4.02. The molecule has 4 heteroatoms. The summed E-state index contributed by atoms with van der Waals surface area (Å²) in [5, 5.41) is 4.20. The van der Waals surface area contributed by atoms with Crippen molar-refractivity contribution in [1.29, 1.82) is 0 Å². The van der Waals surface area contributed by atoms with Gasteiger partial charge in [-0.15, -0.1) is 0 Å². The van der Waals surface area contributed by atoms with Crippen molar-refractivity contribution in [2.24, 2.45) is 0 Å². The molecular weight excluding hydrogens is 212 g/mol. The number of hydrogen-bond acceptors (Lipinski definition) is 3. The maximum Gasteiger partial charge on any atom is 0.0911 e. The molecule has 0 bridgehead atoms. The minimum Gasteiger partial charge on any atom is -0.250 e. The first-order valence-corrected chi connectivity index (χ1v) is 5.49. The molecule has 0 radical (unpaired) electrons. The molecule has 0 saturated carbocycles. The fourth-order valence-corrected chi connectivity index (χ4v) is 1.78. The molecular formula is C13H12N4. The van der Waals surface area contributed by atoms with Gasteiger partial charge in [-0.1, -0.05) is 0 Å². The maximum atomic E-state index is 4.54. The number of nitrogens with zero attached hydrogens (tertiary/aromatic N) is 4. The van der Waals surface area contributed by atoms with Crippen molar-refractivity contribution in [2.75, 3.05) is 0 Å². The fourth-order valence-electron chi connectivity index (χ4n) is 1.78. The Morgan fingerprint density at radius 2 is 1.76 bits per heavy atom. The maximum absolute atomic E-state index is 4.54.